The largest absolute Gasteiger partial charge is 0.401 e. The number of hydrogen-bond donors (Lipinski definition) is 2. The third-order valence-electron chi connectivity index (χ3n) is 4.29. The second-order valence-electron chi connectivity index (χ2n) is 6.44. The minimum Gasteiger partial charge on any atom is -0.370 e. The number of alkyl halides is 5. The Hall–Kier alpha value is -2.31. The lowest BCUT2D eigenvalue weighted by atomic mass is 10.1. The maximum absolute atomic E-state index is 13.5. The molecule has 1 saturated heterocycles. The van der Waals surface area contributed by atoms with Crippen LogP contribution in [0.2, 0.25) is 0 Å². The molecule has 0 unspecified atom stereocenters. The molecule has 2 amide bonds. The van der Waals surface area contributed by atoms with Crippen molar-refractivity contribution in [1.29, 1.82) is 0 Å². The lowest BCUT2D eigenvalue weighted by Crippen LogP contribution is -2.49. The Morgan fingerprint density at radius 1 is 1.38 bits per heavy atom. The second kappa shape index (κ2) is 9.46. The molecule has 29 heavy (non-hydrogen) atoms. The van der Waals surface area contributed by atoms with Crippen molar-refractivity contribution in [3.8, 4) is 0 Å². The van der Waals surface area contributed by atoms with Crippen LogP contribution in [-0.2, 0) is 14.3 Å². The summed E-state index contributed by atoms with van der Waals surface area (Å²) in [5, 5.41) is 2.31. The summed E-state index contributed by atoms with van der Waals surface area (Å²) >= 11 is 0. The van der Waals surface area contributed by atoms with Gasteiger partial charge in [-0.15, -0.1) is 0 Å². The molecule has 1 atom stereocenters. The highest BCUT2D eigenvalue weighted by Crippen LogP contribution is 2.33. The van der Waals surface area contributed by atoms with Gasteiger partial charge in [-0.05, 0) is 25.2 Å². The van der Waals surface area contributed by atoms with Gasteiger partial charge in [0.25, 0.3) is 12.3 Å². The van der Waals surface area contributed by atoms with Gasteiger partial charge in [-0.3, -0.25) is 14.5 Å². The van der Waals surface area contributed by atoms with Gasteiger partial charge in [-0.25, -0.2) is 8.78 Å². The summed E-state index contributed by atoms with van der Waals surface area (Å²) < 4.78 is 69.7. The maximum atomic E-state index is 13.5. The minimum atomic E-state index is -4.53. The zero-order valence-electron chi connectivity index (χ0n) is 15.5. The lowest BCUT2D eigenvalue weighted by Gasteiger charge is -2.29. The number of hydrogen-bond acceptors (Lipinski definition) is 5. The van der Waals surface area contributed by atoms with Crippen LogP contribution in [0.3, 0.4) is 0 Å². The number of amides is 2. The molecule has 162 valence electrons. The SMILES string of the molecule is CN(CC(F)(F)F)[C@H](CN)C(=O)Nc1ccc(N2CCOCC2=O)c(C(F)F)c1. The van der Waals surface area contributed by atoms with Crippen LogP contribution in [0.4, 0.5) is 33.3 Å². The molecule has 0 saturated carbocycles. The molecule has 0 radical (unpaired) electrons. The Morgan fingerprint density at radius 3 is 2.62 bits per heavy atom. The van der Waals surface area contributed by atoms with E-state index in [1.165, 1.54) is 12.1 Å². The number of morpholine rings is 1. The Morgan fingerprint density at radius 2 is 2.07 bits per heavy atom. The van der Waals surface area contributed by atoms with Gasteiger partial charge in [0.05, 0.1) is 18.8 Å². The van der Waals surface area contributed by atoms with Crippen molar-refractivity contribution in [2.24, 2.45) is 5.73 Å². The third-order valence-corrected chi connectivity index (χ3v) is 4.29. The average Bonchev–Trinajstić information content (AvgIpc) is 2.61. The number of benzene rings is 1. The molecule has 0 aromatic heterocycles. The van der Waals surface area contributed by atoms with E-state index in [1.54, 1.807) is 0 Å². The predicted molar refractivity (Wildman–Crippen MR) is 94.7 cm³/mol. The fourth-order valence-corrected chi connectivity index (χ4v) is 2.93. The zero-order chi connectivity index (χ0) is 21.8. The number of anilines is 2. The van der Waals surface area contributed by atoms with Crippen LogP contribution in [0, 0.1) is 0 Å². The monoisotopic (exact) mass is 424 g/mol. The molecule has 0 bridgehead atoms. The van der Waals surface area contributed by atoms with Crippen LogP contribution >= 0.6 is 0 Å². The molecule has 2 rings (SSSR count). The molecule has 12 heteroatoms. The number of carbonyl (C=O) groups is 2. The van der Waals surface area contributed by atoms with Gasteiger partial charge < -0.3 is 20.7 Å². The van der Waals surface area contributed by atoms with E-state index in [0.29, 0.717) is 0 Å². The predicted octanol–water partition coefficient (Wildman–Crippen LogP) is 1.75. The molecule has 0 aliphatic carbocycles. The van der Waals surface area contributed by atoms with Crippen LogP contribution in [-0.4, -0.2) is 68.8 Å². The second-order valence-corrected chi connectivity index (χ2v) is 6.44. The number of rotatable bonds is 7. The first-order valence-corrected chi connectivity index (χ1v) is 8.61. The first-order chi connectivity index (χ1) is 13.5. The summed E-state index contributed by atoms with van der Waals surface area (Å²) in [7, 11) is 1.09. The number of likely N-dealkylation sites (N-methyl/N-ethyl adjacent to an activating group) is 1. The van der Waals surface area contributed by atoms with Crippen LogP contribution in [0.15, 0.2) is 18.2 Å². The fraction of sp³-hybridized carbons (Fsp3) is 0.529. The van der Waals surface area contributed by atoms with Gasteiger partial charge in [-0.1, -0.05) is 0 Å². The Labute approximate surface area is 163 Å². The molecule has 1 aromatic rings. The van der Waals surface area contributed by atoms with E-state index in [4.69, 9.17) is 10.5 Å². The van der Waals surface area contributed by atoms with Gasteiger partial charge in [0.2, 0.25) is 5.91 Å². The highest BCUT2D eigenvalue weighted by molar-refractivity contribution is 5.97. The summed E-state index contributed by atoms with van der Waals surface area (Å²) in [6.07, 6.45) is -7.48. The fourth-order valence-electron chi connectivity index (χ4n) is 2.93. The number of carbonyl (C=O) groups excluding carboxylic acids is 2. The van der Waals surface area contributed by atoms with Crippen molar-refractivity contribution in [1.82, 2.24) is 4.90 Å². The first-order valence-electron chi connectivity index (χ1n) is 8.61. The van der Waals surface area contributed by atoms with E-state index in [2.05, 4.69) is 5.32 Å². The van der Waals surface area contributed by atoms with Gasteiger partial charge in [0, 0.05) is 24.3 Å². The van der Waals surface area contributed by atoms with Crippen LogP contribution < -0.4 is 16.0 Å². The highest BCUT2D eigenvalue weighted by Gasteiger charge is 2.34. The molecule has 1 heterocycles. The van der Waals surface area contributed by atoms with Crippen LogP contribution in [0.5, 0.6) is 0 Å². The van der Waals surface area contributed by atoms with Gasteiger partial charge >= 0.3 is 6.18 Å². The summed E-state index contributed by atoms with van der Waals surface area (Å²) in [6.45, 7) is -1.70. The smallest absolute Gasteiger partial charge is 0.370 e. The van der Waals surface area contributed by atoms with Crippen molar-refractivity contribution in [2.75, 3.05) is 50.1 Å². The lowest BCUT2D eigenvalue weighted by molar-refractivity contribution is -0.150. The molecular weight excluding hydrogens is 403 g/mol. The summed E-state index contributed by atoms with van der Waals surface area (Å²) in [5.74, 6) is -1.35. The number of nitrogens with zero attached hydrogens (tertiary/aromatic N) is 2. The number of halogens is 5. The van der Waals surface area contributed by atoms with Crippen molar-refractivity contribution < 1.29 is 36.3 Å². The molecule has 3 N–H and O–H groups in total. The number of nitrogens with two attached hydrogens (primary N) is 1. The summed E-state index contributed by atoms with van der Waals surface area (Å²) in [5.41, 5.74) is 4.86. The van der Waals surface area contributed by atoms with Crippen molar-refractivity contribution in [3.63, 3.8) is 0 Å². The topological polar surface area (TPSA) is 87.9 Å². The molecule has 1 aromatic carbocycles. The Bertz CT molecular complexity index is 744. The van der Waals surface area contributed by atoms with E-state index < -0.39 is 49.1 Å². The Kier molecular flexibility index (Phi) is 7.49. The van der Waals surface area contributed by atoms with E-state index in [0.717, 1.165) is 22.9 Å². The summed E-state index contributed by atoms with van der Waals surface area (Å²) in [6, 6.07) is 2.21. The molecule has 1 aliphatic rings. The minimum absolute atomic E-state index is 0.0177. The van der Waals surface area contributed by atoms with Crippen LogP contribution in [0.1, 0.15) is 12.0 Å². The first kappa shape index (κ1) is 23.0. The van der Waals surface area contributed by atoms with Gasteiger partial charge in [-0.2, -0.15) is 13.2 Å². The average molecular weight is 424 g/mol. The quantitative estimate of drug-likeness (QED) is 0.652. The standard InChI is InChI=1S/C17H21F5N4O3/c1-25(9-17(20,21)22)13(7-23)16(28)24-10-2-3-12(11(6-10)15(18)19)26-4-5-29-8-14(26)27/h2-3,6,13,15H,4-5,7-9,23H2,1H3,(H,24,28)/t13-/m1/s1. The number of ether oxygens (including phenoxy) is 1. The molecule has 1 aliphatic heterocycles. The molecule has 7 nitrogen and oxygen atoms in total. The molecular formula is C17H21F5N4O3. The Balaban J connectivity index is 2.21. The highest BCUT2D eigenvalue weighted by atomic mass is 19.4. The summed E-state index contributed by atoms with van der Waals surface area (Å²) in [4.78, 5) is 26.1. The van der Waals surface area contributed by atoms with E-state index in [1.807, 2.05) is 0 Å². The molecule has 1 fully saturated rings. The zero-order valence-corrected chi connectivity index (χ0v) is 15.5. The van der Waals surface area contributed by atoms with E-state index >= 15 is 0 Å². The normalized spacial score (nSPS) is 16.4. The molecule has 0 spiro atoms. The van der Waals surface area contributed by atoms with Crippen molar-refractivity contribution in [2.45, 2.75) is 18.6 Å². The third kappa shape index (κ3) is 6.08. The van der Waals surface area contributed by atoms with Crippen molar-refractivity contribution in [3.05, 3.63) is 23.8 Å². The van der Waals surface area contributed by atoms with Gasteiger partial charge in [0.15, 0.2) is 0 Å². The van der Waals surface area contributed by atoms with Crippen LogP contribution in [0.25, 0.3) is 0 Å². The maximum Gasteiger partial charge on any atom is 0.401 e. The van der Waals surface area contributed by atoms with Gasteiger partial charge in [0.1, 0.15) is 12.6 Å². The van der Waals surface area contributed by atoms with Crippen molar-refractivity contribution >= 4 is 23.2 Å². The van der Waals surface area contributed by atoms with E-state index in [9.17, 15) is 31.5 Å². The number of nitrogens with one attached hydrogen (secondary N) is 1. The van der Waals surface area contributed by atoms with E-state index in [-0.39, 0.29) is 31.1 Å².